The number of anilines is 4. The highest BCUT2D eigenvalue weighted by atomic mass is 35.5. The van der Waals surface area contributed by atoms with Gasteiger partial charge in [-0.15, -0.1) is 0 Å². The Kier molecular flexibility index (Phi) is 10.7. The van der Waals surface area contributed by atoms with E-state index in [9.17, 15) is 0 Å². The van der Waals surface area contributed by atoms with E-state index >= 15 is 0 Å². The van der Waals surface area contributed by atoms with E-state index in [4.69, 9.17) is 16.3 Å². The molecule has 29 heavy (non-hydrogen) atoms. The molecule has 2 aromatic rings. The lowest BCUT2D eigenvalue weighted by atomic mass is 10.4. The van der Waals surface area contributed by atoms with Gasteiger partial charge < -0.3 is 26.0 Å². The predicted molar refractivity (Wildman–Crippen MR) is 117 cm³/mol. The van der Waals surface area contributed by atoms with Gasteiger partial charge in [0.1, 0.15) is 0 Å². The summed E-state index contributed by atoms with van der Waals surface area (Å²) in [7, 11) is 1.53. The molecule has 2 rings (SSSR count). The zero-order valence-corrected chi connectivity index (χ0v) is 18.8. The zero-order chi connectivity index (χ0) is 21.8. The molecule has 2 aromatic heterocycles. The van der Waals surface area contributed by atoms with Crippen LogP contribution in [0.2, 0.25) is 5.28 Å². The molecule has 0 spiro atoms. The number of aromatic nitrogens is 6. The molecule has 0 aliphatic heterocycles. The summed E-state index contributed by atoms with van der Waals surface area (Å²) < 4.78 is 4.98. The first kappa shape index (κ1) is 24.3. The van der Waals surface area contributed by atoms with Gasteiger partial charge in [0.25, 0.3) is 0 Å². The molecule has 162 valence electrons. The Bertz CT molecular complexity index is 744. The largest absolute Gasteiger partial charge is 0.467 e. The molecule has 11 nitrogen and oxygen atoms in total. The first-order valence-corrected chi connectivity index (χ1v) is 9.87. The van der Waals surface area contributed by atoms with Crippen molar-refractivity contribution in [3.8, 4) is 6.01 Å². The fraction of sp³-hybridized carbons (Fsp3) is 0.647. The molecule has 12 heteroatoms. The maximum Gasteiger partial charge on any atom is 0.322 e. The van der Waals surface area contributed by atoms with E-state index in [0.717, 1.165) is 13.1 Å². The number of nitrogens with zero attached hydrogens (tertiary/aromatic N) is 6. The van der Waals surface area contributed by atoms with Crippen LogP contribution in [0, 0.1) is 0 Å². The van der Waals surface area contributed by atoms with Gasteiger partial charge in [-0.3, -0.25) is 0 Å². The Hall–Kier alpha value is -2.69. The van der Waals surface area contributed by atoms with Crippen molar-refractivity contribution in [2.24, 2.45) is 0 Å². The fourth-order valence-electron chi connectivity index (χ4n) is 1.92. The Labute approximate surface area is 176 Å². The molecule has 0 aromatic carbocycles. The molecule has 0 aliphatic carbocycles. The van der Waals surface area contributed by atoms with Crippen molar-refractivity contribution in [2.75, 3.05) is 41.5 Å². The summed E-state index contributed by atoms with van der Waals surface area (Å²) in [6.07, 6.45) is 0. The van der Waals surface area contributed by atoms with Crippen LogP contribution in [0.3, 0.4) is 0 Å². The summed E-state index contributed by atoms with van der Waals surface area (Å²) in [4.78, 5) is 24.3. The lowest BCUT2D eigenvalue weighted by Gasteiger charge is -2.10. The fourth-order valence-corrected chi connectivity index (χ4v) is 2.08. The lowest BCUT2D eigenvalue weighted by Crippen LogP contribution is -2.15. The molecule has 0 aliphatic rings. The highest BCUT2D eigenvalue weighted by Crippen LogP contribution is 2.11. The van der Waals surface area contributed by atoms with Crippen LogP contribution >= 0.6 is 11.6 Å². The first-order valence-electron chi connectivity index (χ1n) is 9.49. The van der Waals surface area contributed by atoms with Crippen LogP contribution in [-0.4, -0.2) is 62.2 Å². The third-order valence-electron chi connectivity index (χ3n) is 2.91. The molecule has 0 fully saturated rings. The second-order valence-corrected chi connectivity index (χ2v) is 6.72. The van der Waals surface area contributed by atoms with Gasteiger partial charge in [-0.2, -0.15) is 29.9 Å². The maximum absolute atomic E-state index is 5.73. The van der Waals surface area contributed by atoms with Crippen molar-refractivity contribution in [1.29, 1.82) is 0 Å². The topological polar surface area (TPSA) is 135 Å². The number of halogens is 1. The molecule has 0 amide bonds. The summed E-state index contributed by atoms with van der Waals surface area (Å²) in [6.45, 7) is 13.5. The number of hydrogen-bond donors (Lipinski definition) is 4. The summed E-state index contributed by atoms with van der Waals surface area (Å²) in [5, 5.41) is 12.3. The first-order chi connectivity index (χ1) is 13.8. The molecule has 0 unspecified atom stereocenters. The Morgan fingerprint density at radius 2 is 1.14 bits per heavy atom. The average Bonchev–Trinajstić information content (AvgIpc) is 2.61. The minimum Gasteiger partial charge on any atom is -0.467 e. The van der Waals surface area contributed by atoms with E-state index in [0.29, 0.717) is 29.8 Å². The highest BCUT2D eigenvalue weighted by molar-refractivity contribution is 6.28. The molecule has 0 saturated carbocycles. The van der Waals surface area contributed by atoms with Gasteiger partial charge >= 0.3 is 6.01 Å². The van der Waals surface area contributed by atoms with Gasteiger partial charge in [0, 0.05) is 25.2 Å². The van der Waals surface area contributed by atoms with Crippen molar-refractivity contribution in [3.05, 3.63) is 5.28 Å². The van der Waals surface area contributed by atoms with Gasteiger partial charge in [0.15, 0.2) is 0 Å². The molecular formula is C17H31ClN10O. The second kappa shape index (κ2) is 12.7. The monoisotopic (exact) mass is 426 g/mol. The van der Waals surface area contributed by atoms with Crippen molar-refractivity contribution in [3.63, 3.8) is 0 Å². The minimum absolute atomic E-state index is 0.194. The van der Waals surface area contributed by atoms with Gasteiger partial charge in [0.2, 0.25) is 29.1 Å². The molecule has 2 heterocycles. The van der Waals surface area contributed by atoms with Crippen LogP contribution in [0.4, 0.5) is 23.8 Å². The zero-order valence-electron chi connectivity index (χ0n) is 18.0. The van der Waals surface area contributed by atoms with Crippen molar-refractivity contribution in [2.45, 2.75) is 53.6 Å². The van der Waals surface area contributed by atoms with E-state index < -0.39 is 0 Å². The highest BCUT2D eigenvalue weighted by Gasteiger charge is 2.07. The Morgan fingerprint density at radius 1 is 0.724 bits per heavy atom. The molecular weight excluding hydrogens is 396 g/mol. The third kappa shape index (κ3) is 9.88. The van der Waals surface area contributed by atoms with Crippen LogP contribution in [0.15, 0.2) is 0 Å². The maximum atomic E-state index is 5.73. The summed E-state index contributed by atoms with van der Waals surface area (Å²) >= 11 is 5.73. The second-order valence-electron chi connectivity index (χ2n) is 6.38. The van der Waals surface area contributed by atoms with Crippen LogP contribution < -0.4 is 26.0 Å². The van der Waals surface area contributed by atoms with Gasteiger partial charge in [-0.1, -0.05) is 0 Å². The van der Waals surface area contributed by atoms with Crippen molar-refractivity contribution >= 4 is 35.4 Å². The Balaban J connectivity index is 0.000000291. The standard InChI is InChI=1S/C9H17N5O.C8H14ClN5/c1-5-10-7-12-8(11-6(2)3)14-9(13-7)15-4;1-4-10-7-12-6(9)13-8(14-7)11-5(2)3/h6H,5H2,1-4H3,(H2,10,11,12,13,14);5H,4H2,1-3H3,(H2,10,11,12,13,14). The van der Waals surface area contributed by atoms with E-state index in [-0.39, 0.29) is 17.4 Å². The third-order valence-corrected chi connectivity index (χ3v) is 3.08. The van der Waals surface area contributed by atoms with Crippen LogP contribution in [0.5, 0.6) is 6.01 Å². The normalized spacial score (nSPS) is 10.3. The Morgan fingerprint density at radius 3 is 1.59 bits per heavy atom. The predicted octanol–water partition coefficient (Wildman–Crippen LogP) is 2.91. The van der Waals surface area contributed by atoms with Crippen molar-refractivity contribution < 1.29 is 4.74 Å². The SMILES string of the molecule is CCNc1nc(Cl)nc(NC(C)C)n1.CCNc1nc(NC(C)C)nc(OC)n1. The number of nitrogens with one attached hydrogen (secondary N) is 4. The minimum atomic E-state index is 0.194. The van der Waals surface area contributed by atoms with Crippen LogP contribution in [-0.2, 0) is 0 Å². The molecule has 0 radical (unpaired) electrons. The lowest BCUT2D eigenvalue weighted by molar-refractivity contribution is 0.379. The number of methoxy groups -OCH3 is 1. The van der Waals surface area contributed by atoms with E-state index in [2.05, 4.69) is 51.2 Å². The summed E-state index contributed by atoms with van der Waals surface area (Å²) in [6, 6.07) is 0.846. The number of rotatable bonds is 9. The molecule has 0 bridgehead atoms. The number of hydrogen-bond acceptors (Lipinski definition) is 11. The van der Waals surface area contributed by atoms with E-state index in [1.54, 1.807) is 0 Å². The summed E-state index contributed by atoms with van der Waals surface area (Å²) in [5.41, 5.74) is 0. The quantitative estimate of drug-likeness (QED) is 0.471. The van der Waals surface area contributed by atoms with E-state index in [1.807, 2.05) is 41.5 Å². The molecule has 0 atom stereocenters. The molecule has 0 saturated heterocycles. The van der Waals surface area contributed by atoms with Gasteiger partial charge in [-0.05, 0) is 53.1 Å². The van der Waals surface area contributed by atoms with Gasteiger partial charge in [-0.25, -0.2) is 0 Å². The van der Waals surface area contributed by atoms with E-state index in [1.165, 1.54) is 7.11 Å². The molecule has 4 N–H and O–H groups in total. The number of ether oxygens (including phenoxy) is 1. The van der Waals surface area contributed by atoms with Crippen molar-refractivity contribution in [1.82, 2.24) is 29.9 Å². The van der Waals surface area contributed by atoms with Crippen LogP contribution in [0.25, 0.3) is 0 Å². The van der Waals surface area contributed by atoms with Gasteiger partial charge in [0.05, 0.1) is 7.11 Å². The average molecular weight is 427 g/mol. The summed E-state index contributed by atoms with van der Waals surface area (Å²) in [5.74, 6) is 2.03. The smallest absolute Gasteiger partial charge is 0.322 e. The van der Waals surface area contributed by atoms with Crippen LogP contribution in [0.1, 0.15) is 41.5 Å².